The van der Waals surface area contributed by atoms with Crippen molar-refractivity contribution in [1.82, 2.24) is 10.2 Å². The number of anilines is 1. The van der Waals surface area contributed by atoms with Crippen molar-refractivity contribution in [2.24, 2.45) is 5.92 Å². The summed E-state index contributed by atoms with van der Waals surface area (Å²) in [7, 11) is 0. The lowest BCUT2D eigenvalue weighted by molar-refractivity contribution is -0.145. The summed E-state index contributed by atoms with van der Waals surface area (Å²) in [6.45, 7) is 2.08. The molecule has 0 spiro atoms. The molecule has 2 heterocycles. The lowest BCUT2D eigenvalue weighted by Gasteiger charge is -2.43. The minimum Gasteiger partial charge on any atom is -0.390 e. The van der Waals surface area contributed by atoms with Gasteiger partial charge in [0, 0.05) is 23.8 Å². The van der Waals surface area contributed by atoms with Crippen LogP contribution in [0, 0.1) is 5.92 Å². The molecule has 146 valence electrons. The molecule has 0 unspecified atom stereocenters. The second kappa shape index (κ2) is 7.52. The number of morpholine rings is 1. The molecule has 4 rings (SSSR count). The van der Waals surface area contributed by atoms with Gasteiger partial charge in [-0.05, 0) is 42.9 Å². The van der Waals surface area contributed by atoms with Gasteiger partial charge in [-0.25, -0.2) is 0 Å². The van der Waals surface area contributed by atoms with Gasteiger partial charge >= 0.3 is 0 Å². The van der Waals surface area contributed by atoms with Gasteiger partial charge < -0.3 is 30.1 Å². The van der Waals surface area contributed by atoms with Crippen molar-refractivity contribution in [3.8, 4) is 0 Å². The van der Waals surface area contributed by atoms with E-state index in [9.17, 15) is 15.0 Å². The van der Waals surface area contributed by atoms with Crippen molar-refractivity contribution in [3.05, 3.63) is 29.3 Å². The molecular weight excluding hydrogens is 390 g/mol. The second-order valence-electron chi connectivity index (χ2n) is 7.15. The normalized spacial score (nSPS) is 33.6. The molecule has 0 bridgehead atoms. The Morgan fingerprint density at radius 3 is 2.56 bits per heavy atom. The Hall–Kier alpha value is -1.45. The molecule has 5 atom stereocenters. The molecule has 2 aliphatic heterocycles. The van der Waals surface area contributed by atoms with Crippen LogP contribution in [0.1, 0.15) is 6.42 Å². The van der Waals surface area contributed by atoms with Crippen molar-refractivity contribution in [2.45, 2.75) is 30.7 Å². The molecule has 1 aromatic carbocycles. The van der Waals surface area contributed by atoms with Crippen LogP contribution in [0.5, 0.6) is 0 Å². The summed E-state index contributed by atoms with van der Waals surface area (Å²) in [5.74, 6) is -0.528. The van der Waals surface area contributed by atoms with Crippen LogP contribution in [0.3, 0.4) is 0 Å². The van der Waals surface area contributed by atoms with Crippen LogP contribution in [0.25, 0.3) is 0 Å². The molecule has 1 aliphatic carbocycles. The van der Waals surface area contributed by atoms with Crippen LogP contribution < -0.4 is 10.2 Å². The third-order valence-electron chi connectivity index (χ3n) is 5.59. The minimum absolute atomic E-state index is 0.0373. The lowest BCUT2D eigenvalue weighted by Crippen LogP contribution is -2.61. The number of hydrogen-bond acceptors (Lipinski definition) is 5. The number of halogens is 1. The topological polar surface area (TPSA) is 85.3 Å². The lowest BCUT2D eigenvalue weighted by atomic mass is 9.77. The second-order valence-corrected chi connectivity index (χ2v) is 7.97. The van der Waals surface area contributed by atoms with E-state index < -0.39 is 24.2 Å². The molecule has 3 N–H and O–H groups in total. The van der Waals surface area contributed by atoms with E-state index in [2.05, 4.69) is 5.32 Å². The smallest absolute Gasteiger partial charge is 0.228 e. The van der Waals surface area contributed by atoms with E-state index in [0.717, 1.165) is 5.69 Å². The third-order valence-corrected chi connectivity index (χ3v) is 6.16. The standard InChI is InChI=1S/C18H22ClN3O4S/c19-10-1-3-11(4-2-10)22-15-12(17(25)21-5-7-26-8-6-21)9-13(23)16(24)14(15)20-18(22)27/h1-4,12-16,23-24H,5-9H2,(H,20,27)/t12-,13-,14-,15+,16+/m1/s1. The molecule has 27 heavy (non-hydrogen) atoms. The fraction of sp³-hybridized carbons (Fsp3) is 0.556. The number of nitrogens with one attached hydrogen (secondary N) is 1. The molecular formula is C18H22ClN3O4S. The summed E-state index contributed by atoms with van der Waals surface area (Å²) in [4.78, 5) is 16.9. The fourth-order valence-corrected chi connectivity index (χ4v) is 4.73. The number of aliphatic hydroxyl groups is 2. The Kier molecular flexibility index (Phi) is 5.26. The van der Waals surface area contributed by atoms with E-state index in [1.807, 2.05) is 17.0 Å². The highest BCUT2D eigenvalue weighted by Gasteiger charge is 2.54. The number of rotatable bonds is 2. The monoisotopic (exact) mass is 411 g/mol. The quantitative estimate of drug-likeness (QED) is 0.606. The van der Waals surface area contributed by atoms with E-state index in [1.54, 1.807) is 17.0 Å². The molecule has 2 saturated heterocycles. The van der Waals surface area contributed by atoms with Crippen molar-refractivity contribution in [3.63, 3.8) is 0 Å². The van der Waals surface area contributed by atoms with Gasteiger partial charge in [0.05, 0.1) is 37.3 Å². The van der Waals surface area contributed by atoms with Gasteiger partial charge in [-0.1, -0.05) is 11.6 Å². The molecule has 0 radical (unpaired) electrons. The maximum atomic E-state index is 13.2. The average molecular weight is 412 g/mol. The SMILES string of the molecule is O=C([C@@H]1C[C@@H](O)[C@H](O)[C@@H]2NC(=S)N(c3ccc(Cl)cc3)[C@H]21)N1CCOCC1. The van der Waals surface area contributed by atoms with E-state index >= 15 is 0 Å². The first-order valence-electron chi connectivity index (χ1n) is 9.05. The Morgan fingerprint density at radius 2 is 1.89 bits per heavy atom. The predicted octanol–water partition coefficient (Wildman–Crippen LogP) is 0.372. The molecule has 3 fully saturated rings. The molecule has 0 aromatic heterocycles. The number of nitrogens with zero attached hydrogens (tertiary/aromatic N) is 2. The summed E-state index contributed by atoms with van der Waals surface area (Å²) >= 11 is 11.5. The van der Waals surface area contributed by atoms with Gasteiger partial charge in [-0.15, -0.1) is 0 Å². The van der Waals surface area contributed by atoms with Crippen LogP contribution in [-0.2, 0) is 9.53 Å². The van der Waals surface area contributed by atoms with Crippen LogP contribution in [0.15, 0.2) is 24.3 Å². The first-order valence-corrected chi connectivity index (χ1v) is 9.84. The predicted molar refractivity (Wildman–Crippen MR) is 105 cm³/mol. The number of thiocarbonyl (C=S) groups is 1. The van der Waals surface area contributed by atoms with Crippen LogP contribution in [-0.4, -0.2) is 76.7 Å². The summed E-state index contributed by atoms with van der Waals surface area (Å²) in [5, 5.41) is 25.0. The summed E-state index contributed by atoms with van der Waals surface area (Å²) in [6.07, 6.45) is -1.80. The Bertz CT molecular complexity index is 728. The van der Waals surface area contributed by atoms with Gasteiger partial charge in [-0.3, -0.25) is 4.79 Å². The number of amides is 1. The maximum Gasteiger partial charge on any atom is 0.228 e. The zero-order chi connectivity index (χ0) is 19.1. The van der Waals surface area contributed by atoms with Crippen LogP contribution in [0.4, 0.5) is 5.69 Å². The zero-order valence-electron chi connectivity index (χ0n) is 14.6. The Balaban J connectivity index is 1.68. The first kappa shape index (κ1) is 18.9. The van der Waals surface area contributed by atoms with E-state index in [1.165, 1.54) is 0 Å². The number of hydrogen-bond donors (Lipinski definition) is 3. The van der Waals surface area contributed by atoms with Gasteiger partial charge in [0.25, 0.3) is 0 Å². The highest BCUT2D eigenvalue weighted by Crippen LogP contribution is 2.37. The van der Waals surface area contributed by atoms with Crippen LogP contribution >= 0.6 is 23.8 Å². The number of fused-ring (bicyclic) bond motifs is 1. The van der Waals surface area contributed by atoms with Gasteiger partial charge in [0.1, 0.15) is 6.10 Å². The van der Waals surface area contributed by atoms with Crippen molar-refractivity contribution < 1.29 is 19.7 Å². The molecule has 7 nitrogen and oxygen atoms in total. The van der Waals surface area contributed by atoms with Gasteiger partial charge in [0.2, 0.25) is 5.91 Å². The zero-order valence-corrected chi connectivity index (χ0v) is 16.2. The Labute approximate surface area is 167 Å². The molecule has 1 amide bonds. The minimum atomic E-state index is -1.00. The van der Waals surface area contributed by atoms with Gasteiger partial charge in [0.15, 0.2) is 5.11 Å². The first-order chi connectivity index (χ1) is 13.0. The van der Waals surface area contributed by atoms with Gasteiger partial charge in [-0.2, -0.15) is 0 Å². The van der Waals surface area contributed by atoms with E-state index in [0.29, 0.717) is 36.4 Å². The van der Waals surface area contributed by atoms with E-state index in [4.69, 9.17) is 28.6 Å². The van der Waals surface area contributed by atoms with Crippen LogP contribution in [0.2, 0.25) is 5.02 Å². The third kappa shape index (κ3) is 3.40. The summed E-state index contributed by atoms with van der Waals surface area (Å²) < 4.78 is 5.34. The fourth-order valence-electron chi connectivity index (χ4n) is 4.25. The number of aliphatic hydroxyl groups excluding tert-OH is 2. The van der Waals surface area contributed by atoms with Crippen molar-refractivity contribution >= 4 is 40.5 Å². The molecule has 1 saturated carbocycles. The number of carbonyl (C=O) groups is 1. The largest absolute Gasteiger partial charge is 0.390 e. The summed E-state index contributed by atoms with van der Waals surface area (Å²) in [6, 6.07) is 6.30. The highest BCUT2D eigenvalue weighted by molar-refractivity contribution is 7.80. The molecule has 1 aromatic rings. The summed E-state index contributed by atoms with van der Waals surface area (Å²) in [5.41, 5.74) is 0.799. The van der Waals surface area contributed by atoms with E-state index in [-0.39, 0.29) is 18.4 Å². The maximum absolute atomic E-state index is 13.2. The molecule has 9 heteroatoms. The average Bonchev–Trinajstić information content (AvgIpc) is 3.03. The van der Waals surface area contributed by atoms with Crippen molar-refractivity contribution in [1.29, 1.82) is 0 Å². The molecule has 3 aliphatic rings. The highest BCUT2D eigenvalue weighted by atomic mass is 35.5. The number of carbonyl (C=O) groups excluding carboxylic acids is 1. The number of ether oxygens (including phenoxy) is 1. The Morgan fingerprint density at radius 1 is 1.22 bits per heavy atom. The van der Waals surface area contributed by atoms with Crippen molar-refractivity contribution in [2.75, 3.05) is 31.2 Å². The number of benzene rings is 1.